The molecule has 26 heavy (non-hydrogen) atoms. The van der Waals surface area contributed by atoms with E-state index in [0.29, 0.717) is 11.7 Å². The molecule has 1 aliphatic carbocycles. The zero-order valence-corrected chi connectivity index (χ0v) is 14.7. The number of benzene rings is 1. The number of nitrogens with zero attached hydrogens (tertiary/aromatic N) is 2. The number of rotatable bonds is 5. The van der Waals surface area contributed by atoms with Crippen LogP contribution in [0.2, 0.25) is 0 Å². The monoisotopic (exact) mass is 352 g/mol. The third-order valence-electron chi connectivity index (χ3n) is 4.90. The van der Waals surface area contributed by atoms with Crippen molar-refractivity contribution < 1.29 is 9.53 Å². The first-order chi connectivity index (χ1) is 12.8. The summed E-state index contributed by atoms with van der Waals surface area (Å²) >= 11 is 0. The molecule has 1 aromatic heterocycles. The number of pyridine rings is 1. The van der Waals surface area contributed by atoms with Crippen LogP contribution in [0.3, 0.4) is 0 Å². The maximum atomic E-state index is 12.4. The number of anilines is 2. The lowest BCUT2D eigenvalue weighted by Gasteiger charge is -2.28. The Labute approximate surface area is 153 Å². The van der Waals surface area contributed by atoms with Crippen molar-refractivity contribution in [2.45, 2.75) is 18.9 Å². The number of hydrogen-bond donors (Lipinski definition) is 2. The Balaban J connectivity index is 1.36. The molecule has 6 nitrogen and oxygen atoms in total. The number of carbonyl (C=O) groups excluding carboxylic acids is 1. The number of aromatic nitrogens is 1. The van der Waals surface area contributed by atoms with Gasteiger partial charge in [0.05, 0.1) is 31.1 Å². The Morgan fingerprint density at radius 3 is 2.54 bits per heavy atom. The van der Waals surface area contributed by atoms with Crippen LogP contribution in [-0.2, 0) is 4.74 Å². The Morgan fingerprint density at radius 2 is 1.88 bits per heavy atom. The van der Waals surface area contributed by atoms with E-state index in [1.54, 1.807) is 6.20 Å². The molecule has 2 heterocycles. The smallest absolute Gasteiger partial charge is 0.320 e. The summed E-state index contributed by atoms with van der Waals surface area (Å²) in [5.41, 5.74) is 2.21. The summed E-state index contributed by atoms with van der Waals surface area (Å²) in [6, 6.07) is 13.8. The summed E-state index contributed by atoms with van der Waals surface area (Å²) < 4.78 is 5.37. The molecular weight excluding hydrogens is 328 g/mol. The van der Waals surface area contributed by atoms with E-state index in [1.807, 2.05) is 30.3 Å². The highest BCUT2D eigenvalue weighted by Crippen LogP contribution is 2.40. The fraction of sp³-hybridized carbons (Fsp3) is 0.400. The lowest BCUT2D eigenvalue weighted by molar-refractivity contribution is 0.122. The minimum absolute atomic E-state index is 0.0591. The summed E-state index contributed by atoms with van der Waals surface area (Å²) in [5, 5.41) is 5.96. The van der Waals surface area contributed by atoms with Crippen LogP contribution in [0.5, 0.6) is 0 Å². The number of nitrogens with one attached hydrogen (secondary N) is 2. The van der Waals surface area contributed by atoms with Crippen LogP contribution in [0.4, 0.5) is 16.3 Å². The van der Waals surface area contributed by atoms with Gasteiger partial charge in [0.1, 0.15) is 5.82 Å². The van der Waals surface area contributed by atoms with Crippen LogP contribution >= 0.6 is 0 Å². The predicted molar refractivity (Wildman–Crippen MR) is 101 cm³/mol. The Hall–Kier alpha value is -2.60. The van der Waals surface area contributed by atoms with E-state index >= 15 is 0 Å². The first-order valence-corrected chi connectivity index (χ1v) is 9.21. The lowest BCUT2D eigenvalue weighted by atomic mass is 10.0. The van der Waals surface area contributed by atoms with Crippen molar-refractivity contribution in [1.82, 2.24) is 10.3 Å². The van der Waals surface area contributed by atoms with E-state index in [-0.39, 0.29) is 12.1 Å². The zero-order chi connectivity index (χ0) is 17.8. The van der Waals surface area contributed by atoms with Crippen LogP contribution in [-0.4, -0.2) is 37.3 Å². The molecule has 136 valence electrons. The first-order valence-electron chi connectivity index (χ1n) is 9.21. The SMILES string of the molecule is O=C(Nc1ccc(N2CCOCC2)cn1)NC(c1ccccc1)C1CC1. The highest BCUT2D eigenvalue weighted by molar-refractivity contribution is 5.88. The summed E-state index contributed by atoms with van der Waals surface area (Å²) in [6.07, 6.45) is 4.12. The molecule has 2 aromatic rings. The number of amides is 2. The van der Waals surface area contributed by atoms with E-state index in [9.17, 15) is 4.79 Å². The second-order valence-electron chi connectivity index (χ2n) is 6.83. The van der Waals surface area contributed by atoms with Gasteiger partial charge in [0.25, 0.3) is 0 Å². The van der Waals surface area contributed by atoms with Crippen molar-refractivity contribution >= 4 is 17.5 Å². The second-order valence-corrected chi connectivity index (χ2v) is 6.83. The van der Waals surface area contributed by atoms with Gasteiger partial charge in [0, 0.05) is 13.1 Å². The molecule has 2 aliphatic rings. The Kier molecular flexibility index (Phi) is 5.02. The average molecular weight is 352 g/mol. The minimum Gasteiger partial charge on any atom is -0.378 e. The van der Waals surface area contributed by atoms with Gasteiger partial charge < -0.3 is 15.0 Å². The van der Waals surface area contributed by atoms with Gasteiger partial charge in [-0.3, -0.25) is 5.32 Å². The van der Waals surface area contributed by atoms with Crippen LogP contribution in [0.15, 0.2) is 48.7 Å². The number of carbonyl (C=O) groups is 1. The number of morpholine rings is 1. The van der Waals surface area contributed by atoms with E-state index in [4.69, 9.17) is 4.74 Å². The molecule has 2 N–H and O–H groups in total. The van der Waals surface area contributed by atoms with E-state index < -0.39 is 0 Å². The Morgan fingerprint density at radius 1 is 1.12 bits per heavy atom. The van der Waals surface area contributed by atoms with Crippen LogP contribution in [0, 0.1) is 5.92 Å². The van der Waals surface area contributed by atoms with Gasteiger partial charge >= 0.3 is 6.03 Å². The second kappa shape index (κ2) is 7.74. The third kappa shape index (κ3) is 4.14. The lowest BCUT2D eigenvalue weighted by Crippen LogP contribution is -2.36. The van der Waals surface area contributed by atoms with E-state index in [2.05, 4.69) is 32.7 Å². The van der Waals surface area contributed by atoms with Gasteiger partial charge in [-0.15, -0.1) is 0 Å². The fourth-order valence-electron chi connectivity index (χ4n) is 3.33. The summed E-state index contributed by atoms with van der Waals surface area (Å²) in [4.78, 5) is 19.0. The van der Waals surface area contributed by atoms with Crippen molar-refractivity contribution in [3.63, 3.8) is 0 Å². The van der Waals surface area contributed by atoms with Crippen molar-refractivity contribution in [3.05, 3.63) is 54.2 Å². The molecule has 2 amide bonds. The summed E-state index contributed by atoms with van der Waals surface area (Å²) in [7, 11) is 0. The molecule has 2 fully saturated rings. The average Bonchev–Trinajstić information content (AvgIpc) is 3.53. The van der Waals surface area contributed by atoms with Gasteiger partial charge in [0.2, 0.25) is 0 Å². The molecule has 4 rings (SSSR count). The summed E-state index contributed by atoms with van der Waals surface area (Å²) in [6.45, 7) is 3.22. The fourth-order valence-corrected chi connectivity index (χ4v) is 3.33. The molecule has 1 aliphatic heterocycles. The van der Waals surface area contributed by atoms with Crippen LogP contribution in [0.1, 0.15) is 24.4 Å². The minimum atomic E-state index is -0.211. The topological polar surface area (TPSA) is 66.5 Å². The number of hydrogen-bond acceptors (Lipinski definition) is 4. The van der Waals surface area contributed by atoms with Gasteiger partial charge in [-0.2, -0.15) is 0 Å². The van der Waals surface area contributed by atoms with Crippen LogP contribution in [0.25, 0.3) is 0 Å². The molecule has 6 heteroatoms. The normalized spacial score (nSPS) is 18.2. The standard InChI is InChI=1S/C20H24N4O2/c25-20(23-19(16-6-7-16)15-4-2-1-3-5-15)22-18-9-8-17(14-21-18)24-10-12-26-13-11-24/h1-5,8-9,14,16,19H,6-7,10-13H2,(H2,21,22,23,25). The predicted octanol–water partition coefficient (Wildman–Crippen LogP) is 3.19. The molecule has 0 spiro atoms. The largest absolute Gasteiger partial charge is 0.378 e. The molecule has 1 saturated heterocycles. The summed E-state index contributed by atoms with van der Waals surface area (Å²) in [5.74, 6) is 1.09. The maximum absolute atomic E-state index is 12.4. The van der Waals surface area contributed by atoms with Gasteiger partial charge in [-0.1, -0.05) is 30.3 Å². The molecule has 1 atom stereocenters. The van der Waals surface area contributed by atoms with Crippen molar-refractivity contribution in [2.75, 3.05) is 36.5 Å². The van der Waals surface area contributed by atoms with E-state index in [1.165, 1.54) is 0 Å². The van der Waals surface area contributed by atoms with Gasteiger partial charge in [-0.05, 0) is 36.5 Å². The van der Waals surface area contributed by atoms with Gasteiger partial charge in [0.15, 0.2) is 0 Å². The highest BCUT2D eigenvalue weighted by Gasteiger charge is 2.33. The van der Waals surface area contributed by atoms with Crippen LogP contribution < -0.4 is 15.5 Å². The maximum Gasteiger partial charge on any atom is 0.320 e. The quantitative estimate of drug-likeness (QED) is 0.867. The number of urea groups is 1. The zero-order valence-electron chi connectivity index (χ0n) is 14.7. The molecule has 0 bridgehead atoms. The van der Waals surface area contributed by atoms with Crippen molar-refractivity contribution in [3.8, 4) is 0 Å². The number of ether oxygens (including phenoxy) is 1. The van der Waals surface area contributed by atoms with Crippen molar-refractivity contribution in [1.29, 1.82) is 0 Å². The highest BCUT2D eigenvalue weighted by atomic mass is 16.5. The molecular formula is C20H24N4O2. The third-order valence-corrected chi connectivity index (χ3v) is 4.90. The first kappa shape index (κ1) is 16.8. The Bertz CT molecular complexity index is 725. The molecule has 1 saturated carbocycles. The van der Waals surface area contributed by atoms with Gasteiger partial charge in [-0.25, -0.2) is 9.78 Å². The van der Waals surface area contributed by atoms with E-state index in [0.717, 1.165) is 50.4 Å². The molecule has 0 radical (unpaired) electrons. The molecule has 1 aromatic carbocycles. The van der Waals surface area contributed by atoms with Crippen molar-refractivity contribution in [2.24, 2.45) is 5.92 Å². The molecule has 1 unspecified atom stereocenters.